The number of nitrogens with two attached hydrogens (primary N) is 1. The van der Waals surface area contributed by atoms with E-state index in [9.17, 15) is 12.8 Å². The number of nitrogens with one attached hydrogen (secondary N) is 1. The molecule has 3 atom stereocenters. The highest BCUT2D eigenvalue weighted by atomic mass is 32.2. The van der Waals surface area contributed by atoms with E-state index in [0.29, 0.717) is 5.92 Å². The molecule has 0 aliphatic heterocycles. The van der Waals surface area contributed by atoms with E-state index in [1.165, 1.54) is 6.07 Å². The summed E-state index contributed by atoms with van der Waals surface area (Å²) in [6.07, 6.45) is 1.80. The molecule has 1 aliphatic rings. The fourth-order valence-electron chi connectivity index (χ4n) is 2.53. The van der Waals surface area contributed by atoms with E-state index >= 15 is 0 Å². The molecular weight excluding hydrogens is 267 g/mol. The van der Waals surface area contributed by atoms with Crippen LogP contribution in [-0.4, -0.2) is 14.5 Å². The van der Waals surface area contributed by atoms with Crippen molar-refractivity contribution in [3.8, 4) is 0 Å². The zero-order valence-corrected chi connectivity index (χ0v) is 11.9. The van der Waals surface area contributed by atoms with Gasteiger partial charge in [-0.25, -0.2) is 17.5 Å². The Bertz CT molecular complexity index is 574. The highest BCUT2D eigenvalue weighted by Gasteiger charge is 2.33. The molecule has 2 rings (SSSR count). The van der Waals surface area contributed by atoms with Crippen molar-refractivity contribution < 1.29 is 12.8 Å². The first-order chi connectivity index (χ1) is 8.81. The minimum atomic E-state index is -3.77. The summed E-state index contributed by atoms with van der Waals surface area (Å²) in [5.41, 5.74) is 5.69. The van der Waals surface area contributed by atoms with Crippen LogP contribution in [0.2, 0.25) is 0 Å². The topological polar surface area (TPSA) is 72.2 Å². The van der Waals surface area contributed by atoms with Crippen LogP contribution in [0.25, 0.3) is 0 Å². The molecule has 0 spiro atoms. The summed E-state index contributed by atoms with van der Waals surface area (Å²) in [4.78, 5) is -0.181. The van der Waals surface area contributed by atoms with Crippen molar-refractivity contribution in [3.05, 3.63) is 24.0 Å². The van der Waals surface area contributed by atoms with Crippen LogP contribution in [0, 0.1) is 17.7 Å². The first-order valence-corrected chi connectivity index (χ1v) is 7.87. The number of halogens is 1. The van der Waals surface area contributed by atoms with Crippen LogP contribution < -0.4 is 10.5 Å². The van der Waals surface area contributed by atoms with Crippen LogP contribution in [0.5, 0.6) is 0 Å². The van der Waals surface area contributed by atoms with Gasteiger partial charge in [-0.1, -0.05) is 13.8 Å². The van der Waals surface area contributed by atoms with Gasteiger partial charge in [0.15, 0.2) is 0 Å². The normalized spacial score (nSPS) is 27.6. The lowest BCUT2D eigenvalue weighted by molar-refractivity contribution is 0.402. The van der Waals surface area contributed by atoms with E-state index < -0.39 is 15.8 Å². The lowest BCUT2D eigenvalue weighted by atomic mass is 9.98. The molecular formula is C13H19FN2O2S. The fraction of sp³-hybridized carbons (Fsp3) is 0.538. The maximum absolute atomic E-state index is 13.2. The van der Waals surface area contributed by atoms with Gasteiger partial charge >= 0.3 is 0 Å². The van der Waals surface area contributed by atoms with Gasteiger partial charge < -0.3 is 5.73 Å². The summed E-state index contributed by atoms with van der Waals surface area (Å²) in [7, 11) is -3.77. The third-order valence-corrected chi connectivity index (χ3v) is 5.58. The number of benzene rings is 1. The van der Waals surface area contributed by atoms with E-state index in [1.54, 1.807) is 0 Å². The largest absolute Gasteiger partial charge is 0.398 e. The van der Waals surface area contributed by atoms with Gasteiger partial charge in [-0.15, -0.1) is 0 Å². The van der Waals surface area contributed by atoms with Gasteiger partial charge in [-0.3, -0.25) is 0 Å². The van der Waals surface area contributed by atoms with Gasteiger partial charge in [-0.2, -0.15) is 0 Å². The molecule has 1 aromatic rings. The highest BCUT2D eigenvalue weighted by molar-refractivity contribution is 7.89. The first-order valence-electron chi connectivity index (χ1n) is 6.38. The average molecular weight is 286 g/mol. The van der Waals surface area contributed by atoms with E-state index in [-0.39, 0.29) is 22.5 Å². The quantitative estimate of drug-likeness (QED) is 0.836. The van der Waals surface area contributed by atoms with Crippen LogP contribution in [0.4, 0.5) is 10.1 Å². The predicted octanol–water partition coefficient (Wildman–Crippen LogP) is 2.12. The number of hydrogen-bond donors (Lipinski definition) is 2. The zero-order chi connectivity index (χ0) is 14.2. The van der Waals surface area contributed by atoms with E-state index in [4.69, 9.17) is 5.73 Å². The van der Waals surface area contributed by atoms with Crippen LogP contribution in [0.3, 0.4) is 0 Å². The summed E-state index contributed by atoms with van der Waals surface area (Å²) >= 11 is 0. The van der Waals surface area contributed by atoms with Crippen LogP contribution >= 0.6 is 0 Å². The maximum atomic E-state index is 13.2. The monoisotopic (exact) mass is 286 g/mol. The number of rotatable bonds is 3. The third-order valence-electron chi connectivity index (χ3n) is 4.04. The van der Waals surface area contributed by atoms with Crippen LogP contribution in [0.1, 0.15) is 26.7 Å². The SMILES string of the molecule is CC1CCC(NS(=O)(=O)c2cc(F)ccc2N)C1C. The van der Waals surface area contributed by atoms with E-state index in [0.717, 1.165) is 25.0 Å². The second kappa shape index (κ2) is 5.09. The maximum Gasteiger partial charge on any atom is 0.242 e. The lowest BCUT2D eigenvalue weighted by Gasteiger charge is -2.20. The van der Waals surface area contributed by atoms with E-state index in [2.05, 4.69) is 11.6 Å². The second-order valence-corrected chi connectivity index (χ2v) is 7.01. The smallest absolute Gasteiger partial charge is 0.242 e. The highest BCUT2D eigenvalue weighted by Crippen LogP contribution is 2.32. The van der Waals surface area contributed by atoms with Gasteiger partial charge in [0, 0.05) is 6.04 Å². The molecule has 0 aromatic heterocycles. The molecule has 3 N–H and O–H groups in total. The molecule has 1 aliphatic carbocycles. The number of anilines is 1. The van der Waals surface area contributed by atoms with Crippen molar-refractivity contribution in [2.75, 3.05) is 5.73 Å². The minimum Gasteiger partial charge on any atom is -0.398 e. The van der Waals surface area contributed by atoms with Gasteiger partial charge in [0.2, 0.25) is 10.0 Å². The summed E-state index contributed by atoms with van der Waals surface area (Å²) in [6.45, 7) is 4.13. The number of nitrogen functional groups attached to an aromatic ring is 1. The van der Waals surface area contributed by atoms with Gasteiger partial charge in [0.05, 0.1) is 5.69 Å². The Hall–Kier alpha value is -1.14. The molecule has 1 saturated carbocycles. The Labute approximate surface area is 113 Å². The van der Waals surface area contributed by atoms with E-state index in [1.807, 2.05) is 6.92 Å². The third kappa shape index (κ3) is 2.90. The fourth-order valence-corrected chi connectivity index (χ4v) is 4.04. The Morgan fingerprint density at radius 3 is 2.58 bits per heavy atom. The van der Waals surface area contributed by atoms with Crippen LogP contribution in [-0.2, 0) is 10.0 Å². The summed E-state index contributed by atoms with van der Waals surface area (Å²) in [5.74, 6) is 0.143. The van der Waals surface area contributed by atoms with Crippen molar-refractivity contribution in [1.82, 2.24) is 4.72 Å². The molecule has 19 heavy (non-hydrogen) atoms. The van der Waals surface area contributed by atoms with Crippen molar-refractivity contribution >= 4 is 15.7 Å². The zero-order valence-electron chi connectivity index (χ0n) is 11.1. The Morgan fingerprint density at radius 2 is 2.00 bits per heavy atom. The van der Waals surface area contributed by atoms with Crippen molar-refractivity contribution in [2.45, 2.75) is 37.6 Å². The molecule has 0 saturated heterocycles. The first kappa shape index (κ1) is 14.3. The predicted molar refractivity (Wildman–Crippen MR) is 72.5 cm³/mol. The minimum absolute atomic E-state index is 0.0626. The number of sulfonamides is 1. The summed E-state index contributed by atoms with van der Waals surface area (Å²) in [5, 5.41) is 0. The Balaban J connectivity index is 2.26. The number of hydrogen-bond acceptors (Lipinski definition) is 3. The molecule has 0 heterocycles. The molecule has 4 nitrogen and oxygen atoms in total. The molecule has 6 heteroatoms. The lowest BCUT2D eigenvalue weighted by Crippen LogP contribution is -2.37. The Kier molecular flexibility index (Phi) is 3.82. The molecule has 3 unspecified atom stereocenters. The Morgan fingerprint density at radius 1 is 1.32 bits per heavy atom. The second-order valence-electron chi connectivity index (χ2n) is 5.32. The summed E-state index contributed by atoms with van der Waals surface area (Å²) < 4.78 is 40.3. The standard InChI is InChI=1S/C13H19FN2O2S/c1-8-3-6-12(9(8)2)16-19(17,18)13-7-10(14)4-5-11(13)15/h4-5,7-9,12,16H,3,6,15H2,1-2H3. The summed E-state index contributed by atoms with van der Waals surface area (Å²) in [6, 6.07) is 3.27. The molecule has 106 valence electrons. The van der Waals surface area contributed by atoms with Crippen molar-refractivity contribution in [1.29, 1.82) is 0 Å². The van der Waals surface area contributed by atoms with Gasteiger partial charge in [0.25, 0.3) is 0 Å². The van der Waals surface area contributed by atoms with Gasteiger partial charge in [-0.05, 0) is 42.9 Å². The van der Waals surface area contributed by atoms with Crippen LogP contribution in [0.15, 0.2) is 23.1 Å². The molecule has 1 aromatic carbocycles. The average Bonchev–Trinajstić information content (AvgIpc) is 2.63. The molecule has 0 amide bonds. The van der Waals surface area contributed by atoms with Crippen molar-refractivity contribution in [3.63, 3.8) is 0 Å². The molecule has 1 fully saturated rings. The van der Waals surface area contributed by atoms with Gasteiger partial charge in [0.1, 0.15) is 10.7 Å². The molecule has 0 radical (unpaired) electrons. The molecule has 0 bridgehead atoms. The van der Waals surface area contributed by atoms with Crippen molar-refractivity contribution in [2.24, 2.45) is 11.8 Å².